The predicted octanol–water partition coefficient (Wildman–Crippen LogP) is 3.18. The van der Waals surface area contributed by atoms with Gasteiger partial charge < -0.3 is 22.0 Å². The number of aliphatic carboxylic acids is 1. The zero-order valence-corrected chi connectivity index (χ0v) is 24.3. The van der Waals surface area contributed by atoms with Gasteiger partial charge in [-0.3, -0.25) is 14.6 Å². The highest BCUT2D eigenvalue weighted by molar-refractivity contribution is 7.80. The minimum absolute atomic E-state index is 0.116. The van der Waals surface area contributed by atoms with Gasteiger partial charge in [0.2, 0.25) is 5.13 Å². The third-order valence-corrected chi connectivity index (χ3v) is 8.00. The van der Waals surface area contributed by atoms with Crippen LogP contribution in [-0.4, -0.2) is 62.4 Å². The standard InChI is InChI=1S/C14H18N4S.C13H17NO2.CH5N3S/c15-14-17-16-13(19-14)12-6-8-18(9-7-12)10-11-4-2-1-3-5-11;15-13(16)12-6-8-14(9-7-12)10-11-4-2-1-3-5-11;2-1(5)4-3/h1-5,12H,6-10H2,(H2,15,17);1-5,12H,6-10H2,(H,15,16);3H2,(H3,2,4,5). The summed E-state index contributed by atoms with van der Waals surface area (Å²) >= 11 is 5.77. The highest BCUT2D eigenvalue weighted by atomic mass is 32.1. The van der Waals surface area contributed by atoms with Crippen LogP contribution in [0.25, 0.3) is 0 Å². The van der Waals surface area contributed by atoms with Crippen molar-refractivity contribution in [2.24, 2.45) is 17.5 Å². The van der Waals surface area contributed by atoms with Crippen molar-refractivity contribution in [2.45, 2.75) is 44.7 Å². The molecule has 3 heterocycles. The number of rotatable bonds is 6. The van der Waals surface area contributed by atoms with Gasteiger partial charge in [0.15, 0.2) is 5.11 Å². The zero-order chi connectivity index (χ0) is 28.7. The maximum atomic E-state index is 10.8. The van der Waals surface area contributed by atoms with Crippen LogP contribution < -0.4 is 22.7 Å². The van der Waals surface area contributed by atoms with Gasteiger partial charge in [-0.2, -0.15) is 0 Å². The number of nitrogen functional groups attached to an aromatic ring is 1. The van der Waals surface area contributed by atoms with Gasteiger partial charge in [0.1, 0.15) is 5.01 Å². The molecule has 40 heavy (non-hydrogen) atoms. The summed E-state index contributed by atoms with van der Waals surface area (Å²) in [5.74, 6) is 4.43. The van der Waals surface area contributed by atoms with Crippen molar-refractivity contribution in [1.29, 1.82) is 0 Å². The van der Waals surface area contributed by atoms with Gasteiger partial charge in [-0.1, -0.05) is 72.0 Å². The molecular weight excluding hydrogens is 544 g/mol. The number of carboxylic acid groups (broad SMARTS) is 1. The quantitative estimate of drug-likeness (QED) is 0.164. The van der Waals surface area contributed by atoms with Crippen molar-refractivity contribution >= 4 is 39.8 Å². The van der Waals surface area contributed by atoms with Crippen molar-refractivity contribution in [3.8, 4) is 0 Å². The Morgan fingerprint density at radius 2 is 1.35 bits per heavy atom. The van der Waals surface area contributed by atoms with Gasteiger partial charge in [0.25, 0.3) is 0 Å². The summed E-state index contributed by atoms with van der Waals surface area (Å²) in [5.41, 5.74) is 15.2. The van der Waals surface area contributed by atoms with Crippen LogP contribution in [0, 0.1) is 5.92 Å². The van der Waals surface area contributed by atoms with Crippen molar-refractivity contribution in [2.75, 3.05) is 31.9 Å². The number of thiocarbonyl (C=S) groups is 1. The zero-order valence-electron chi connectivity index (χ0n) is 22.7. The number of hydrogen-bond donors (Lipinski definition) is 5. The fourth-order valence-corrected chi connectivity index (χ4v) is 5.55. The minimum atomic E-state index is -0.639. The lowest BCUT2D eigenvalue weighted by molar-refractivity contribution is -0.143. The number of hydrogen-bond acceptors (Lipinski definition) is 9. The molecular formula is C28H40N8O2S2. The summed E-state index contributed by atoms with van der Waals surface area (Å²) in [6.45, 7) is 6.02. The van der Waals surface area contributed by atoms with Crippen LogP contribution in [0.2, 0.25) is 0 Å². The topological polar surface area (TPSA) is 160 Å². The van der Waals surface area contributed by atoms with Gasteiger partial charge in [0.05, 0.1) is 5.92 Å². The molecule has 216 valence electrons. The van der Waals surface area contributed by atoms with Gasteiger partial charge in [-0.05, 0) is 75.2 Å². The Morgan fingerprint density at radius 3 is 1.73 bits per heavy atom. The number of likely N-dealkylation sites (tertiary alicyclic amines) is 2. The third kappa shape index (κ3) is 11.1. The van der Waals surface area contributed by atoms with E-state index in [-0.39, 0.29) is 11.0 Å². The SMILES string of the molecule is NNC(N)=S.Nc1nnc(C2CCN(Cc3ccccc3)CC2)s1.O=C(O)C1CCN(Cc2ccccc2)CC1. The van der Waals surface area contributed by atoms with Gasteiger partial charge in [0, 0.05) is 19.0 Å². The molecule has 0 spiro atoms. The van der Waals surface area contributed by atoms with E-state index in [9.17, 15) is 4.79 Å². The second-order valence-corrected chi connectivity index (χ2v) is 11.4. The van der Waals surface area contributed by atoms with Gasteiger partial charge >= 0.3 is 5.97 Å². The largest absolute Gasteiger partial charge is 0.481 e. The summed E-state index contributed by atoms with van der Waals surface area (Å²) in [6, 6.07) is 21.0. The first kappa shape index (κ1) is 31.4. The van der Waals surface area contributed by atoms with Gasteiger partial charge in [-0.25, -0.2) is 5.84 Å². The number of hydrazine groups is 1. The predicted molar refractivity (Wildman–Crippen MR) is 164 cm³/mol. The molecule has 3 aromatic rings. The number of carboxylic acids is 1. The van der Waals surface area contributed by atoms with Crippen molar-refractivity contribution in [1.82, 2.24) is 25.4 Å². The summed E-state index contributed by atoms with van der Waals surface area (Å²) in [5, 5.41) is 18.8. The molecule has 0 saturated carbocycles. The minimum Gasteiger partial charge on any atom is -0.481 e. The van der Waals surface area contributed by atoms with Crippen LogP contribution in [0.3, 0.4) is 0 Å². The maximum absolute atomic E-state index is 10.8. The molecule has 2 aliphatic rings. The Hall–Kier alpha value is -3.16. The molecule has 5 rings (SSSR count). The summed E-state index contributed by atoms with van der Waals surface area (Å²) < 4.78 is 0. The van der Waals surface area contributed by atoms with Crippen molar-refractivity contribution < 1.29 is 9.90 Å². The molecule has 2 fully saturated rings. The molecule has 0 amide bonds. The first-order valence-electron chi connectivity index (χ1n) is 13.4. The van der Waals surface area contributed by atoms with Crippen LogP contribution in [-0.2, 0) is 17.9 Å². The van der Waals surface area contributed by atoms with E-state index in [0.717, 1.165) is 70.0 Å². The lowest BCUT2D eigenvalue weighted by atomic mass is 9.97. The molecule has 8 N–H and O–H groups in total. The monoisotopic (exact) mass is 584 g/mol. The van der Waals surface area contributed by atoms with Crippen molar-refractivity contribution in [3.63, 3.8) is 0 Å². The number of aromatic nitrogens is 2. The smallest absolute Gasteiger partial charge is 0.306 e. The highest BCUT2D eigenvalue weighted by Gasteiger charge is 2.24. The normalized spacial score (nSPS) is 16.6. The molecule has 10 nitrogen and oxygen atoms in total. The number of anilines is 1. The first-order chi connectivity index (χ1) is 19.3. The molecule has 0 atom stereocenters. The van der Waals surface area contributed by atoms with E-state index in [1.807, 2.05) is 23.6 Å². The Balaban J connectivity index is 0.000000191. The Labute approximate surface area is 245 Å². The lowest BCUT2D eigenvalue weighted by Crippen LogP contribution is -2.35. The number of carbonyl (C=O) groups is 1. The molecule has 2 saturated heterocycles. The fourth-order valence-electron chi connectivity index (χ4n) is 4.77. The van der Waals surface area contributed by atoms with Crippen LogP contribution in [0.4, 0.5) is 5.13 Å². The summed E-state index contributed by atoms with van der Waals surface area (Å²) in [4.78, 5) is 15.6. The van der Waals surface area contributed by atoms with Crippen LogP contribution in [0.15, 0.2) is 60.7 Å². The highest BCUT2D eigenvalue weighted by Crippen LogP contribution is 2.31. The number of nitrogens with zero attached hydrogens (tertiary/aromatic N) is 4. The van der Waals surface area contributed by atoms with Crippen LogP contribution >= 0.6 is 23.6 Å². The number of benzene rings is 2. The fraction of sp³-hybridized carbons (Fsp3) is 0.429. The van der Waals surface area contributed by atoms with Crippen LogP contribution in [0.1, 0.15) is 47.7 Å². The van der Waals surface area contributed by atoms with E-state index in [0.29, 0.717) is 11.0 Å². The third-order valence-electron chi connectivity index (χ3n) is 6.97. The second kappa shape index (κ2) is 16.8. The first-order valence-corrected chi connectivity index (χ1v) is 14.7. The molecule has 2 aromatic carbocycles. The van der Waals surface area contributed by atoms with Gasteiger partial charge in [-0.15, -0.1) is 10.2 Å². The lowest BCUT2D eigenvalue weighted by Gasteiger charge is -2.30. The molecule has 0 radical (unpaired) electrons. The second-order valence-electron chi connectivity index (χ2n) is 9.90. The van der Waals surface area contributed by atoms with E-state index < -0.39 is 5.97 Å². The number of nitrogens with two attached hydrogens (primary N) is 3. The molecule has 0 bridgehead atoms. The Kier molecular flexibility index (Phi) is 13.2. The van der Waals surface area contributed by atoms with E-state index >= 15 is 0 Å². The number of nitrogens with one attached hydrogen (secondary N) is 1. The van der Waals surface area contributed by atoms with E-state index in [1.165, 1.54) is 22.5 Å². The Bertz CT molecular complexity index is 1150. The summed E-state index contributed by atoms with van der Waals surface area (Å²) in [6.07, 6.45) is 3.87. The average Bonchev–Trinajstić information content (AvgIpc) is 3.42. The molecule has 0 aliphatic carbocycles. The molecule has 0 unspecified atom stereocenters. The summed E-state index contributed by atoms with van der Waals surface area (Å²) in [7, 11) is 0. The van der Waals surface area contributed by atoms with Crippen LogP contribution in [0.5, 0.6) is 0 Å². The average molecular weight is 585 g/mol. The maximum Gasteiger partial charge on any atom is 0.306 e. The van der Waals surface area contributed by atoms with E-state index in [4.69, 9.17) is 16.6 Å². The Morgan fingerprint density at radius 1 is 0.900 bits per heavy atom. The molecule has 12 heteroatoms. The number of piperidine rings is 2. The molecule has 2 aliphatic heterocycles. The van der Waals surface area contributed by atoms with Crippen molar-refractivity contribution in [3.05, 3.63) is 76.8 Å². The molecule has 1 aromatic heterocycles. The van der Waals surface area contributed by atoms with E-state index in [1.54, 1.807) is 0 Å². The van der Waals surface area contributed by atoms with E-state index in [2.05, 4.69) is 80.5 Å².